The van der Waals surface area contributed by atoms with E-state index in [0.29, 0.717) is 11.3 Å². The number of halogens is 2. The zero-order chi connectivity index (χ0) is 13.8. The maximum absolute atomic E-state index is 13.9. The molecule has 1 atom stereocenters. The highest BCUT2D eigenvalue weighted by Crippen LogP contribution is 2.27. The predicted octanol–water partition coefficient (Wildman–Crippen LogP) is 4.07. The first kappa shape index (κ1) is 14.0. The molecule has 0 spiro atoms. The number of nitrogens with two attached hydrogens (primary N) is 1. The molecule has 0 aliphatic carbocycles. The van der Waals surface area contributed by atoms with Crippen LogP contribution < -0.4 is 5.73 Å². The zero-order valence-corrected chi connectivity index (χ0v) is 11.4. The van der Waals surface area contributed by atoms with Gasteiger partial charge in [0.1, 0.15) is 11.6 Å². The minimum absolute atomic E-state index is 0.0246. The molecule has 2 N–H and O–H groups in total. The topological polar surface area (TPSA) is 26.0 Å². The molecule has 2 rings (SSSR count). The molecule has 100 valence electrons. The van der Waals surface area contributed by atoms with Crippen LogP contribution in [0.4, 0.5) is 8.78 Å². The van der Waals surface area contributed by atoms with Crippen LogP contribution in [-0.2, 0) is 0 Å². The van der Waals surface area contributed by atoms with Crippen molar-refractivity contribution < 1.29 is 8.78 Å². The van der Waals surface area contributed by atoms with Crippen molar-refractivity contribution in [3.63, 3.8) is 0 Å². The first-order chi connectivity index (χ1) is 9.09. The van der Waals surface area contributed by atoms with Gasteiger partial charge in [0, 0.05) is 22.3 Å². The van der Waals surface area contributed by atoms with Crippen molar-refractivity contribution >= 4 is 11.8 Å². The highest BCUT2D eigenvalue weighted by atomic mass is 32.2. The SMILES string of the molecule is Cc1ccc(F)c(C(N)CSc2ccccc2)c1F. The van der Waals surface area contributed by atoms with Gasteiger partial charge in [0.05, 0.1) is 0 Å². The highest BCUT2D eigenvalue weighted by molar-refractivity contribution is 7.99. The van der Waals surface area contributed by atoms with Crippen LogP contribution in [0.1, 0.15) is 17.2 Å². The molecule has 0 fully saturated rings. The van der Waals surface area contributed by atoms with Crippen LogP contribution in [0.5, 0.6) is 0 Å². The van der Waals surface area contributed by atoms with Crippen LogP contribution in [0, 0.1) is 18.6 Å². The summed E-state index contributed by atoms with van der Waals surface area (Å²) in [5, 5.41) is 0. The van der Waals surface area contributed by atoms with Gasteiger partial charge < -0.3 is 5.73 Å². The van der Waals surface area contributed by atoms with Gasteiger partial charge in [-0.3, -0.25) is 0 Å². The summed E-state index contributed by atoms with van der Waals surface area (Å²) in [4.78, 5) is 1.03. The summed E-state index contributed by atoms with van der Waals surface area (Å²) >= 11 is 1.49. The second-order valence-corrected chi connectivity index (χ2v) is 5.42. The quantitative estimate of drug-likeness (QED) is 0.854. The number of benzene rings is 2. The van der Waals surface area contributed by atoms with Gasteiger partial charge in [-0.15, -0.1) is 11.8 Å². The van der Waals surface area contributed by atoms with Gasteiger partial charge in [-0.1, -0.05) is 24.3 Å². The summed E-state index contributed by atoms with van der Waals surface area (Å²) in [6, 6.07) is 11.7. The van der Waals surface area contributed by atoms with E-state index < -0.39 is 17.7 Å². The monoisotopic (exact) mass is 279 g/mol. The van der Waals surface area contributed by atoms with Gasteiger partial charge in [0.15, 0.2) is 0 Å². The number of hydrogen-bond donors (Lipinski definition) is 1. The van der Waals surface area contributed by atoms with E-state index in [-0.39, 0.29) is 5.56 Å². The molecule has 2 aromatic carbocycles. The van der Waals surface area contributed by atoms with Crippen molar-refractivity contribution in [1.29, 1.82) is 0 Å². The largest absolute Gasteiger partial charge is 0.323 e. The van der Waals surface area contributed by atoms with Gasteiger partial charge in [-0.05, 0) is 30.7 Å². The maximum Gasteiger partial charge on any atom is 0.133 e. The summed E-state index contributed by atoms with van der Waals surface area (Å²) < 4.78 is 27.6. The normalized spacial score (nSPS) is 12.4. The average Bonchev–Trinajstić information content (AvgIpc) is 2.42. The second kappa shape index (κ2) is 6.17. The Morgan fingerprint density at radius 2 is 1.79 bits per heavy atom. The van der Waals surface area contributed by atoms with Crippen molar-refractivity contribution in [3.05, 3.63) is 65.2 Å². The molecule has 0 amide bonds. The third kappa shape index (κ3) is 3.33. The molecule has 0 aromatic heterocycles. The van der Waals surface area contributed by atoms with Crippen molar-refractivity contribution in [2.24, 2.45) is 5.73 Å². The van der Waals surface area contributed by atoms with Crippen molar-refractivity contribution in [1.82, 2.24) is 0 Å². The van der Waals surface area contributed by atoms with Crippen LogP contribution in [-0.4, -0.2) is 5.75 Å². The molecule has 0 saturated heterocycles. The third-order valence-corrected chi connectivity index (χ3v) is 3.99. The summed E-state index contributed by atoms with van der Waals surface area (Å²) in [5.41, 5.74) is 6.30. The van der Waals surface area contributed by atoms with Gasteiger partial charge in [-0.25, -0.2) is 8.78 Å². The Hall–Kier alpha value is -1.39. The third-order valence-electron chi connectivity index (χ3n) is 2.86. The second-order valence-electron chi connectivity index (χ2n) is 4.32. The maximum atomic E-state index is 13.9. The van der Waals surface area contributed by atoms with Gasteiger partial charge in [0.25, 0.3) is 0 Å². The molecule has 0 heterocycles. The van der Waals surface area contributed by atoms with Crippen LogP contribution in [0.2, 0.25) is 0 Å². The first-order valence-electron chi connectivity index (χ1n) is 5.97. The molecule has 0 radical (unpaired) electrons. The molecule has 1 unspecified atom stereocenters. The fourth-order valence-corrected chi connectivity index (χ4v) is 2.69. The lowest BCUT2D eigenvalue weighted by molar-refractivity contribution is 0.533. The number of hydrogen-bond acceptors (Lipinski definition) is 2. The molecule has 4 heteroatoms. The van der Waals surface area contributed by atoms with E-state index in [9.17, 15) is 8.78 Å². The minimum Gasteiger partial charge on any atom is -0.323 e. The first-order valence-corrected chi connectivity index (χ1v) is 6.96. The fraction of sp³-hybridized carbons (Fsp3) is 0.200. The van der Waals surface area contributed by atoms with E-state index in [0.717, 1.165) is 4.90 Å². The Bertz CT molecular complexity index is 558. The summed E-state index contributed by atoms with van der Waals surface area (Å²) in [6.45, 7) is 1.61. The lowest BCUT2D eigenvalue weighted by atomic mass is 10.0. The fourth-order valence-electron chi connectivity index (χ4n) is 1.80. The Morgan fingerprint density at radius 1 is 1.11 bits per heavy atom. The van der Waals surface area contributed by atoms with Gasteiger partial charge in [-0.2, -0.15) is 0 Å². The molecular formula is C15H15F2NS. The minimum atomic E-state index is -0.662. The zero-order valence-electron chi connectivity index (χ0n) is 10.6. The molecule has 19 heavy (non-hydrogen) atoms. The number of aryl methyl sites for hydroxylation is 1. The molecule has 2 aromatic rings. The van der Waals surface area contributed by atoms with Crippen molar-refractivity contribution in [2.75, 3.05) is 5.75 Å². The van der Waals surface area contributed by atoms with Crippen LogP contribution in [0.25, 0.3) is 0 Å². The van der Waals surface area contributed by atoms with Crippen molar-refractivity contribution in [3.8, 4) is 0 Å². The van der Waals surface area contributed by atoms with E-state index >= 15 is 0 Å². The van der Waals surface area contributed by atoms with E-state index in [2.05, 4.69) is 0 Å². The molecule has 0 bridgehead atoms. The Balaban J connectivity index is 2.12. The Morgan fingerprint density at radius 3 is 2.47 bits per heavy atom. The molecule has 0 aliphatic rings. The van der Waals surface area contributed by atoms with Gasteiger partial charge in [0.2, 0.25) is 0 Å². The standard InChI is InChI=1S/C15H15F2NS/c1-10-7-8-12(16)14(15(10)17)13(18)9-19-11-5-3-2-4-6-11/h2-8,13H,9,18H2,1H3. The summed E-state index contributed by atoms with van der Waals surface area (Å²) in [6.07, 6.45) is 0. The molecule has 1 nitrogen and oxygen atoms in total. The Kier molecular flexibility index (Phi) is 4.56. The molecular weight excluding hydrogens is 264 g/mol. The van der Waals surface area contributed by atoms with E-state index in [4.69, 9.17) is 5.73 Å². The van der Waals surface area contributed by atoms with Crippen LogP contribution in [0.15, 0.2) is 47.4 Å². The highest BCUT2D eigenvalue weighted by Gasteiger charge is 2.18. The van der Waals surface area contributed by atoms with Gasteiger partial charge >= 0.3 is 0 Å². The smallest absolute Gasteiger partial charge is 0.133 e. The lowest BCUT2D eigenvalue weighted by Crippen LogP contribution is -2.17. The van der Waals surface area contributed by atoms with E-state index in [1.807, 2.05) is 30.3 Å². The number of rotatable bonds is 4. The lowest BCUT2D eigenvalue weighted by Gasteiger charge is -2.14. The number of thioether (sulfide) groups is 1. The molecule has 0 saturated carbocycles. The van der Waals surface area contributed by atoms with E-state index in [1.54, 1.807) is 6.92 Å². The Labute approximate surface area is 115 Å². The summed E-state index contributed by atoms with van der Waals surface area (Å²) in [5.74, 6) is -0.688. The van der Waals surface area contributed by atoms with Crippen LogP contribution >= 0.6 is 11.8 Å². The molecule has 0 aliphatic heterocycles. The average molecular weight is 279 g/mol. The van der Waals surface area contributed by atoms with Crippen molar-refractivity contribution in [2.45, 2.75) is 17.9 Å². The summed E-state index contributed by atoms with van der Waals surface area (Å²) in [7, 11) is 0. The predicted molar refractivity (Wildman–Crippen MR) is 75.2 cm³/mol. The van der Waals surface area contributed by atoms with Crippen LogP contribution in [0.3, 0.4) is 0 Å². The van der Waals surface area contributed by atoms with E-state index in [1.165, 1.54) is 23.9 Å².